The summed E-state index contributed by atoms with van der Waals surface area (Å²) >= 11 is 0. The molecule has 0 heterocycles. The fourth-order valence-electron chi connectivity index (χ4n) is 5.34. The lowest BCUT2D eigenvalue weighted by molar-refractivity contribution is -0.129. The fourth-order valence-corrected chi connectivity index (χ4v) is 5.34. The number of fused-ring (bicyclic) bond motifs is 2. The molecule has 0 fully saturated rings. The van der Waals surface area contributed by atoms with Crippen molar-refractivity contribution in [2.24, 2.45) is 0 Å². The Balaban J connectivity index is 1.70. The molecule has 4 aromatic carbocycles. The van der Waals surface area contributed by atoms with Crippen LogP contribution in [0, 0.1) is 0 Å². The van der Waals surface area contributed by atoms with E-state index in [-0.39, 0.29) is 0 Å². The molecule has 1 aliphatic rings. The van der Waals surface area contributed by atoms with E-state index in [9.17, 15) is 9.59 Å². The first-order valence-electron chi connectivity index (χ1n) is 12.6. The third kappa shape index (κ3) is 4.57. The van der Waals surface area contributed by atoms with Gasteiger partial charge in [0, 0.05) is 12.2 Å². The van der Waals surface area contributed by atoms with Crippen LogP contribution < -0.4 is 9.47 Å². The van der Waals surface area contributed by atoms with Gasteiger partial charge in [0.1, 0.15) is 11.5 Å². The van der Waals surface area contributed by atoms with Crippen molar-refractivity contribution in [3.8, 4) is 11.5 Å². The van der Waals surface area contributed by atoms with Crippen molar-refractivity contribution in [3.63, 3.8) is 0 Å². The van der Waals surface area contributed by atoms with Crippen molar-refractivity contribution in [1.82, 2.24) is 0 Å². The van der Waals surface area contributed by atoms with Crippen molar-refractivity contribution in [2.75, 3.05) is 0 Å². The Morgan fingerprint density at radius 2 is 1.00 bits per heavy atom. The number of ether oxygens (including phenoxy) is 2. The molecule has 0 radical (unpaired) electrons. The van der Waals surface area contributed by atoms with E-state index in [4.69, 9.17) is 9.47 Å². The highest BCUT2D eigenvalue weighted by molar-refractivity contribution is 5.84. The quantitative estimate of drug-likeness (QED) is 0.144. The fraction of sp³-hybridized carbons (Fsp3) is 0.118. The van der Waals surface area contributed by atoms with Crippen molar-refractivity contribution >= 4 is 11.9 Å². The van der Waals surface area contributed by atoms with Crippen LogP contribution in [0.3, 0.4) is 0 Å². The largest absolute Gasteiger partial charge is 0.423 e. The molecule has 188 valence electrons. The Labute approximate surface area is 222 Å². The standard InChI is InChI=1S/C34H28O4/c1-3-9-32(35)37-28-19-15-26(16-20-28)34(27-17-21-29(22-18-27)38-33(36)10-4-2)30-13-7-5-11-24(30)23-25-12-6-8-14-31(25)34/h3-22H,23H2,1-2H3. The summed E-state index contributed by atoms with van der Waals surface area (Å²) in [6, 6.07) is 32.5. The second-order valence-electron chi connectivity index (χ2n) is 9.13. The van der Waals surface area contributed by atoms with Crippen molar-refractivity contribution in [2.45, 2.75) is 25.7 Å². The second-order valence-corrected chi connectivity index (χ2v) is 9.13. The Bertz CT molecular complexity index is 1410. The van der Waals surface area contributed by atoms with Crippen LogP contribution in [-0.4, -0.2) is 11.9 Å². The molecule has 0 N–H and O–H groups in total. The molecule has 0 aromatic heterocycles. The highest BCUT2D eigenvalue weighted by atomic mass is 16.5. The third-order valence-electron chi connectivity index (χ3n) is 6.84. The number of carbonyl (C=O) groups is 2. The minimum atomic E-state index is -0.622. The molecule has 0 atom stereocenters. The van der Waals surface area contributed by atoms with Gasteiger partial charge in [0.15, 0.2) is 0 Å². The maximum absolute atomic E-state index is 12.0. The molecule has 38 heavy (non-hydrogen) atoms. The minimum Gasteiger partial charge on any atom is -0.423 e. The highest BCUT2D eigenvalue weighted by Crippen LogP contribution is 2.51. The molecule has 0 saturated heterocycles. The van der Waals surface area contributed by atoms with E-state index in [2.05, 4.69) is 48.5 Å². The molecule has 1 aliphatic carbocycles. The Hall–Kier alpha value is -4.70. The van der Waals surface area contributed by atoms with E-state index in [1.54, 1.807) is 26.0 Å². The lowest BCUT2D eigenvalue weighted by Crippen LogP contribution is -2.36. The smallest absolute Gasteiger partial charge is 0.335 e. The third-order valence-corrected chi connectivity index (χ3v) is 6.84. The lowest BCUT2D eigenvalue weighted by atomic mass is 9.60. The maximum atomic E-state index is 12.0. The normalized spacial score (nSPS) is 13.6. The summed E-state index contributed by atoms with van der Waals surface area (Å²) in [5.74, 6) is 0.143. The highest BCUT2D eigenvalue weighted by Gasteiger charge is 2.43. The van der Waals surface area contributed by atoms with Crippen molar-refractivity contribution < 1.29 is 19.1 Å². The first-order valence-corrected chi connectivity index (χ1v) is 12.6. The van der Waals surface area contributed by atoms with Crippen LogP contribution in [0.5, 0.6) is 11.5 Å². The molecular weight excluding hydrogens is 472 g/mol. The van der Waals surface area contributed by atoms with Gasteiger partial charge in [-0.3, -0.25) is 0 Å². The SMILES string of the molecule is CC=CC(=O)Oc1ccc(C2(c3ccc(OC(=O)C=CC)cc3)c3ccccc3Cc3ccccc32)cc1. The molecule has 0 saturated carbocycles. The molecule has 4 aromatic rings. The predicted octanol–water partition coefficient (Wildman–Crippen LogP) is 6.94. The predicted molar refractivity (Wildman–Crippen MR) is 148 cm³/mol. The molecule has 4 heteroatoms. The average Bonchev–Trinajstić information content (AvgIpc) is 2.93. The number of allylic oxidation sites excluding steroid dienone is 2. The molecule has 0 spiro atoms. The second kappa shape index (κ2) is 10.7. The number of hydrogen-bond acceptors (Lipinski definition) is 4. The average molecular weight is 501 g/mol. The van der Waals surface area contributed by atoms with Gasteiger partial charge < -0.3 is 9.47 Å². The topological polar surface area (TPSA) is 52.6 Å². The minimum absolute atomic E-state index is 0.411. The van der Waals surface area contributed by atoms with E-state index in [1.807, 2.05) is 48.5 Å². The lowest BCUT2D eigenvalue weighted by Gasteiger charge is -2.42. The number of rotatable bonds is 6. The van der Waals surface area contributed by atoms with Gasteiger partial charge in [-0.05, 0) is 77.9 Å². The maximum Gasteiger partial charge on any atom is 0.335 e. The van der Waals surface area contributed by atoms with Crippen LogP contribution in [0.15, 0.2) is 121 Å². The van der Waals surface area contributed by atoms with Crippen LogP contribution in [-0.2, 0) is 21.4 Å². The Morgan fingerprint density at radius 3 is 1.39 bits per heavy atom. The van der Waals surface area contributed by atoms with Crippen LogP contribution in [0.25, 0.3) is 0 Å². The van der Waals surface area contributed by atoms with Crippen LogP contribution in [0.1, 0.15) is 47.2 Å². The van der Waals surface area contributed by atoms with E-state index < -0.39 is 17.4 Å². The van der Waals surface area contributed by atoms with Crippen molar-refractivity contribution in [3.05, 3.63) is 155 Å². The summed E-state index contributed by atoms with van der Waals surface area (Å²) in [5, 5.41) is 0. The monoisotopic (exact) mass is 500 g/mol. The van der Waals surface area contributed by atoms with E-state index >= 15 is 0 Å². The molecular formula is C34H28O4. The Kier molecular flexibility index (Phi) is 7.05. The summed E-state index contributed by atoms with van der Waals surface area (Å²) in [5.41, 5.74) is 6.34. The summed E-state index contributed by atoms with van der Waals surface area (Å²) in [4.78, 5) is 24.0. The number of esters is 2. The van der Waals surface area contributed by atoms with Crippen LogP contribution in [0.4, 0.5) is 0 Å². The molecule has 5 rings (SSSR count). The summed E-state index contributed by atoms with van der Waals surface area (Å²) in [7, 11) is 0. The van der Waals surface area contributed by atoms with Gasteiger partial charge in [-0.1, -0.05) is 84.9 Å². The number of carbonyl (C=O) groups excluding carboxylic acids is 2. The van der Waals surface area contributed by atoms with Crippen molar-refractivity contribution in [1.29, 1.82) is 0 Å². The van der Waals surface area contributed by atoms with Crippen LogP contribution in [0.2, 0.25) is 0 Å². The first-order chi connectivity index (χ1) is 18.6. The molecule has 4 nitrogen and oxygen atoms in total. The van der Waals surface area contributed by atoms with E-state index in [0.29, 0.717) is 11.5 Å². The zero-order valence-corrected chi connectivity index (χ0v) is 21.4. The first kappa shape index (κ1) is 25.0. The van der Waals surface area contributed by atoms with Gasteiger partial charge >= 0.3 is 11.9 Å². The summed E-state index contributed by atoms with van der Waals surface area (Å²) < 4.78 is 10.9. The summed E-state index contributed by atoms with van der Waals surface area (Å²) in [6.45, 7) is 3.55. The van der Waals surface area contributed by atoms with Crippen LogP contribution >= 0.6 is 0 Å². The zero-order valence-electron chi connectivity index (χ0n) is 21.4. The Morgan fingerprint density at radius 1 is 0.605 bits per heavy atom. The van der Waals surface area contributed by atoms with E-state index in [1.165, 1.54) is 34.4 Å². The molecule has 0 amide bonds. The number of benzene rings is 4. The molecule has 0 aliphatic heterocycles. The van der Waals surface area contributed by atoms with Gasteiger partial charge in [-0.15, -0.1) is 0 Å². The van der Waals surface area contributed by atoms with Gasteiger partial charge in [-0.25, -0.2) is 9.59 Å². The van der Waals surface area contributed by atoms with Gasteiger partial charge in [0.2, 0.25) is 0 Å². The van der Waals surface area contributed by atoms with Gasteiger partial charge in [0.25, 0.3) is 0 Å². The van der Waals surface area contributed by atoms with Gasteiger partial charge in [-0.2, -0.15) is 0 Å². The van der Waals surface area contributed by atoms with E-state index in [0.717, 1.165) is 17.5 Å². The van der Waals surface area contributed by atoms with Gasteiger partial charge in [0.05, 0.1) is 5.41 Å². The molecule has 0 bridgehead atoms. The number of hydrogen-bond donors (Lipinski definition) is 0. The zero-order chi connectivity index (χ0) is 26.5. The molecule has 0 unspecified atom stereocenters. The summed E-state index contributed by atoms with van der Waals surface area (Å²) in [6.07, 6.45) is 6.94.